The lowest BCUT2D eigenvalue weighted by atomic mass is 10.2. The highest BCUT2D eigenvalue weighted by molar-refractivity contribution is 7.08. The third kappa shape index (κ3) is 2.12. The molecule has 0 saturated carbocycles. The van der Waals surface area contributed by atoms with Crippen molar-refractivity contribution in [2.75, 3.05) is 11.1 Å². The van der Waals surface area contributed by atoms with Gasteiger partial charge in [-0.1, -0.05) is 6.92 Å². The van der Waals surface area contributed by atoms with Crippen molar-refractivity contribution in [2.24, 2.45) is 0 Å². The molecule has 1 atom stereocenters. The zero-order chi connectivity index (χ0) is 8.27. The predicted molar refractivity (Wildman–Crippen MR) is 52.1 cm³/mol. The molecule has 3 N–H and O–H groups in total. The van der Waals surface area contributed by atoms with E-state index in [9.17, 15) is 0 Å². The third-order valence-electron chi connectivity index (χ3n) is 1.71. The second kappa shape index (κ2) is 3.62. The van der Waals surface area contributed by atoms with Gasteiger partial charge >= 0.3 is 0 Å². The van der Waals surface area contributed by atoms with E-state index in [1.807, 2.05) is 10.8 Å². The van der Waals surface area contributed by atoms with Crippen LogP contribution in [0.15, 0.2) is 10.8 Å². The maximum Gasteiger partial charge on any atom is 0.0684 e. The lowest BCUT2D eigenvalue weighted by molar-refractivity contribution is 0.765. The van der Waals surface area contributed by atoms with Crippen LogP contribution in [-0.2, 0) is 0 Å². The van der Waals surface area contributed by atoms with Crippen LogP contribution in [-0.4, -0.2) is 6.04 Å². The fourth-order valence-corrected chi connectivity index (χ4v) is 1.47. The fourth-order valence-electron chi connectivity index (χ4n) is 0.792. The van der Waals surface area contributed by atoms with Gasteiger partial charge in [-0.3, -0.25) is 0 Å². The SMILES string of the molecule is CCC(C)Nc1cscc1N. The number of hydrogen-bond acceptors (Lipinski definition) is 3. The van der Waals surface area contributed by atoms with Crippen molar-refractivity contribution in [3.63, 3.8) is 0 Å². The normalized spacial score (nSPS) is 12.9. The second-order valence-electron chi connectivity index (χ2n) is 2.69. The van der Waals surface area contributed by atoms with E-state index in [2.05, 4.69) is 19.2 Å². The molecule has 0 radical (unpaired) electrons. The maximum atomic E-state index is 5.69. The van der Waals surface area contributed by atoms with E-state index in [-0.39, 0.29) is 0 Å². The van der Waals surface area contributed by atoms with Crippen LogP contribution in [0.4, 0.5) is 11.4 Å². The second-order valence-corrected chi connectivity index (χ2v) is 3.44. The van der Waals surface area contributed by atoms with Crippen LogP contribution in [0.1, 0.15) is 20.3 Å². The minimum absolute atomic E-state index is 0.506. The van der Waals surface area contributed by atoms with Crippen LogP contribution < -0.4 is 11.1 Å². The molecule has 0 amide bonds. The van der Waals surface area contributed by atoms with E-state index >= 15 is 0 Å². The Morgan fingerprint density at radius 1 is 1.64 bits per heavy atom. The highest BCUT2D eigenvalue weighted by Crippen LogP contribution is 2.23. The summed E-state index contributed by atoms with van der Waals surface area (Å²) in [6.07, 6.45) is 1.12. The molecule has 0 spiro atoms. The van der Waals surface area contributed by atoms with Gasteiger partial charge in [-0.15, -0.1) is 11.3 Å². The number of nitrogen functional groups attached to an aromatic ring is 1. The molecule has 1 heterocycles. The zero-order valence-electron chi connectivity index (χ0n) is 6.92. The van der Waals surface area contributed by atoms with Gasteiger partial charge in [0.15, 0.2) is 0 Å². The largest absolute Gasteiger partial charge is 0.396 e. The van der Waals surface area contributed by atoms with Crippen molar-refractivity contribution < 1.29 is 0 Å². The van der Waals surface area contributed by atoms with Crippen molar-refractivity contribution in [3.8, 4) is 0 Å². The quantitative estimate of drug-likeness (QED) is 0.731. The van der Waals surface area contributed by atoms with Crippen LogP contribution in [0.2, 0.25) is 0 Å². The van der Waals surface area contributed by atoms with Gasteiger partial charge in [0.05, 0.1) is 11.4 Å². The smallest absolute Gasteiger partial charge is 0.0684 e. The first-order valence-electron chi connectivity index (χ1n) is 3.82. The standard InChI is InChI=1S/C8H14N2S/c1-3-6(2)10-8-5-11-4-7(8)9/h4-6,10H,3,9H2,1-2H3. The van der Waals surface area contributed by atoms with Crippen molar-refractivity contribution in [1.82, 2.24) is 0 Å². The number of nitrogens with one attached hydrogen (secondary N) is 1. The summed E-state index contributed by atoms with van der Waals surface area (Å²) in [6, 6.07) is 0.506. The number of nitrogens with two attached hydrogens (primary N) is 1. The van der Waals surface area contributed by atoms with E-state index < -0.39 is 0 Å². The predicted octanol–water partition coefficient (Wildman–Crippen LogP) is 2.54. The van der Waals surface area contributed by atoms with E-state index in [1.54, 1.807) is 11.3 Å². The molecule has 1 aromatic heterocycles. The number of anilines is 2. The topological polar surface area (TPSA) is 38.0 Å². The number of thiophene rings is 1. The summed E-state index contributed by atoms with van der Waals surface area (Å²) in [6.45, 7) is 4.30. The molecule has 62 valence electrons. The molecule has 0 aliphatic carbocycles. The molecule has 3 heteroatoms. The number of rotatable bonds is 3. The van der Waals surface area contributed by atoms with Gasteiger partial charge in [-0.2, -0.15) is 0 Å². The lowest BCUT2D eigenvalue weighted by Crippen LogP contribution is -2.13. The molecule has 0 saturated heterocycles. The van der Waals surface area contributed by atoms with E-state index in [1.165, 1.54) is 0 Å². The van der Waals surface area contributed by atoms with E-state index in [0.29, 0.717) is 6.04 Å². The van der Waals surface area contributed by atoms with Crippen molar-refractivity contribution >= 4 is 22.7 Å². The van der Waals surface area contributed by atoms with E-state index in [0.717, 1.165) is 17.8 Å². The molecular weight excluding hydrogens is 156 g/mol. The highest BCUT2D eigenvalue weighted by Gasteiger charge is 2.01. The lowest BCUT2D eigenvalue weighted by Gasteiger charge is -2.11. The van der Waals surface area contributed by atoms with Crippen molar-refractivity contribution in [3.05, 3.63) is 10.8 Å². The Morgan fingerprint density at radius 2 is 2.36 bits per heavy atom. The minimum atomic E-state index is 0.506. The van der Waals surface area contributed by atoms with Crippen LogP contribution in [0, 0.1) is 0 Å². The molecular formula is C8H14N2S. The maximum absolute atomic E-state index is 5.69. The summed E-state index contributed by atoms with van der Waals surface area (Å²) in [5.41, 5.74) is 7.62. The highest BCUT2D eigenvalue weighted by atomic mass is 32.1. The van der Waals surface area contributed by atoms with Gasteiger partial charge in [0.1, 0.15) is 0 Å². The fraction of sp³-hybridized carbons (Fsp3) is 0.500. The first-order chi connectivity index (χ1) is 5.24. The Bertz CT molecular complexity index is 220. The summed E-state index contributed by atoms with van der Waals surface area (Å²) in [7, 11) is 0. The first-order valence-corrected chi connectivity index (χ1v) is 4.76. The molecule has 2 nitrogen and oxygen atoms in total. The third-order valence-corrected chi connectivity index (χ3v) is 2.47. The zero-order valence-corrected chi connectivity index (χ0v) is 7.74. The van der Waals surface area contributed by atoms with Crippen molar-refractivity contribution in [2.45, 2.75) is 26.3 Å². The molecule has 0 aliphatic rings. The molecule has 1 unspecified atom stereocenters. The van der Waals surface area contributed by atoms with Crippen LogP contribution >= 0.6 is 11.3 Å². The molecule has 0 aromatic carbocycles. The van der Waals surface area contributed by atoms with Gasteiger partial charge in [0, 0.05) is 16.8 Å². The summed E-state index contributed by atoms with van der Waals surface area (Å²) < 4.78 is 0. The minimum Gasteiger partial charge on any atom is -0.396 e. The Labute approximate surface area is 71.4 Å². The van der Waals surface area contributed by atoms with Crippen LogP contribution in [0.5, 0.6) is 0 Å². The summed E-state index contributed by atoms with van der Waals surface area (Å²) >= 11 is 1.63. The molecule has 0 fully saturated rings. The van der Waals surface area contributed by atoms with Gasteiger partial charge < -0.3 is 11.1 Å². The van der Waals surface area contributed by atoms with Gasteiger partial charge in [-0.25, -0.2) is 0 Å². The average Bonchev–Trinajstić information content (AvgIpc) is 2.37. The summed E-state index contributed by atoms with van der Waals surface area (Å²) in [4.78, 5) is 0. The van der Waals surface area contributed by atoms with Crippen LogP contribution in [0.3, 0.4) is 0 Å². The Hall–Kier alpha value is -0.700. The Morgan fingerprint density at radius 3 is 2.82 bits per heavy atom. The Balaban J connectivity index is 2.56. The first kappa shape index (κ1) is 8.40. The van der Waals surface area contributed by atoms with Crippen LogP contribution in [0.25, 0.3) is 0 Å². The molecule has 11 heavy (non-hydrogen) atoms. The van der Waals surface area contributed by atoms with Gasteiger partial charge in [0.25, 0.3) is 0 Å². The van der Waals surface area contributed by atoms with Crippen molar-refractivity contribution in [1.29, 1.82) is 0 Å². The molecule has 0 aliphatic heterocycles. The van der Waals surface area contributed by atoms with Gasteiger partial charge in [0.2, 0.25) is 0 Å². The molecule has 1 aromatic rings. The van der Waals surface area contributed by atoms with Gasteiger partial charge in [-0.05, 0) is 13.3 Å². The van der Waals surface area contributed by atoms with E-state index in [4.69, 9.17) is 5.73 Å². The monoisotopic (exact) mass is 170 g/mol. The average molecular weight is 170 g/mol. The summed E-state index contributed by atoms with van der Waals surface area (Å²) in [5.74, 6) is 0. The molecule has 0 bridgehead atoms. The number of hydrogen-bond donors (Lipinski definition) is 2. The summed E-state index contributed by atoms with van der Waals surface area (Å²) in [5, 5.41) is 7.32. The molecule has 1 rings (SSSR count). The Kier molecular flexibility index (Phi) is 2.76.